The Balaban J connectivity index is 2.47. The smallest absolute Gasteiger partial charge is 0.326 e. The van der Waals surface area contributed by atoms with Crippen LogP contribution in [0, 0.1) is 5.82 Å². The third-order valence-corrected chi connectivity index (χ3v) is 2.24. The zero-order chi connectivity index (χ0) is 13.5. The quantitative estimate of drug-likeness (QED) is 0.800. The second-order valence-electron chi connectivity index (χ2n) is 3.59. The van der Waals surface area contributed by atoms with Crippen molar-refractivity contribution in [2.24, 2.45) is 0 Å². The van der Waals surface area contributed by atoms with Crippen LogP contribution >= 0.6 is 0 Å². The number of hydrogen-bond acceptors (Lipinski definition) is 3. The number of carbonyl (C=O) groups excluding carboxylic acids is 1. The van der Waals surface area contributed by atoms with Gasteiger partial charge in [0.1, 0.15) is 6.04 Å². The number of hydrogen-bond donors (Lipinski definition) is 2. The van der Waals surface area contributed by atoms with Gasteiger partial charge in [-0.2, -0.15) is 0 Å². The lowest BCUT2D eigenvalue weighted by atomic mass is 10.2. The van der Waals surface area contributed by atoms with Crippen molar-refractivity contribution in [2.45, 2.75) is 19.4 Å². The lowest BCUT2D eigenvalue weighted by Crippen LogP contribution is -2.42. The van der Waals surface area contributed by atoms with Gasteiger partial charge in [0.25, 0.3) is 5.91 Å². The van der Waals surface area contributed by atoms with Crippen LogP contribution in [0.5, 0.6) is 5.75 Å². The Kier molecular flexibility index (Phi) is 5.10. The minimum atomic E-state index is -1.11. The van der Waals surface area contributed by atoms with Crippen LogP contribution in [0.1, 0.15) is 13.3 Å². The van der Waals surface area contributed by atoms with Gasteiger partial charge >= 0.3 is 5.97 Å². The maximum atomic E-state index is 13.1. The Hall–Kier alpha value is -2.11. The second kappa shape index (κ2) is 6.58. The van der Waals surface area contributed by atoms with Crippen LogP contribution in [0.25, 0.3) is 0 Å². The molecule has 2 N–H and O–H groups in total. The molecule has 0 saturated carbocycles. The fraction of sp³-hybridized carbons (Fsp3) is 0.333. The third kappa shape index (κ3) is 4.04. The average Bonchev–Trinajstić information content (AvgIpc) is 2.34. The van der Waals surface area contributed by atoms with Crippen LogP contribution in [0.2, 0.25) is 0 Å². The largest absolute Gasteiger partial charge is 0.481 e. The first-order valence-corrected chi connectivity index (χ1v) is 5.44. The van der Waals surface area contributed by atoms with Crippen molar-refractivity contribution in [1.82, 2.24) is 5.32 Å². The molecule has 0 unspecified atom stereocenters. The van der Waals surface area contributed by atoms with E-state index in [9.17, 15) is 14.0 Å². The molecule has 1 atom stereocenters. The van der Waals surface area contributed by atoms with E-state index in [-0.39, 0.29) is 12.2 Å². The van der Waals surface area contributed by atoms with E-state index in [0.29, 0.717) is 0 Å². The van der Waals surface area contributed by atoms with Gasteiger partial charge in [-0.15, -0.1) is 0 Å². The first kappa shape index (κ1) is 14.0. The van der Waals surface area contributed by atoms with E-state index in [2.05, 4.69) is 5.32 Å². The first-order valence-electron chi connectivity index (χ1n) is 5.44. The predicted octanol–water partition coefficient (Wildman–Crippen LogP) is 1.18. The Labute approximate surface area is 104 Å². The van der Waals surface area contributed by atoms with Crippen LogP contribution in [0.4, 0.5) is 4.39 Å². The van der Waals surface area contributed by atoms with E-state index in [4.69, 9.17) is 9.84 Å². The van der Waals surface area contributed by atoms with E-state index in [1.54, 1.807) is 13.0 Å². The fourth-order valence-corrected chi connectivity index (χ4v) is 1.28. The van der Waals surface area contributed by atoms with Crippen LogP contribution in [-0.2, 0) is 9.59 Å². The Morgan fingerprint density at radius 1 is 1.44 bits per heavy atom. The summed E-state index contributed by atoms with van der Waals surface area (Å²) >= 11 is 0. The molecule has 0 radical (unpaired) electrons. The van der Waals surface area contributed by atoms with Crippen molar-refractivity contribution in [3.63, 3.8) is 0 Å². The summed E-state index contributed by atoms with van der Waals surface area (Å²) in [5, 5.41) is 11.0. The van der Waals surface area contributed by atoms with Gasteiger partial charge in [-0.3, -0.25) is 4.79 Å². The maximum absolute atomic E-state index is 13.1. The molecule has 0 spiro atoms. The van der Waals surface area contributed by atoms with Gasteiger partial charge in [0.05, 0.1) is 0 Å². The molecule has 6 heteroatoms. The SMILES string of the molecule is CC[C@@H](NC(=O)COc1ccccc1F)C(=O)O. The van der Waals surface area contributed by atoms with Gasteiger partial charge in [-0.25, -0.2) is 9.18 Å². The van der Waals surface area contributed by atoms with Crippen molar-refractivity contribution >= 4 is 11.9 Å². The molecule has 0 aliphatic carbocycles. The lowest BCUT2D eigenvalue weighted by molar-refractivity contribution is -0.142. The fourth-order valence-electron chi connectivity index (χ4n) is 1.28. The highest BCUT2D eigenvalue weighted by Gasteiger charge is 2.17. The molecule has 0 fully saturated rings. The topological polar surface area (TPSA) is 75.6 Å². The van der Waals surface area contributed by atoms with Crippen LogP contribution in [0.3, 0.4) is 0 Å². The van der Waals surface area contributed by atoms with Gasteiger partial charge < -0.3 is 15.2 Å². The van der Waals surface area contributed by atoms with Crippen LogP contribution < -0.4 is 10.1 Å². The number of para-hydroxylation sites is 1. The molecule has 0 aliphatic rings. The summed E-state index contributed by atoms with van der Waals surface area (Å²) in [6.07, 6.45) is 0.265. The minimum Gasteiger partial charge on any atom is -0.481 e. The van der Waals surface area contributed by atoms with Crippen molar-refractivity contribution in [1.29, 1.82) is 0 Å². The van der Waals surface area contributed by atoms with Crippen molar-refractivity contribution in [3.8, 4) is 5.75 Å². The number of aliphatic carboxylic acids is 1. The van der Waals surface area contributed by atoms with E-state index < -0.39 is 30.3 Å². The molecule has 98 valence electrons. The summed E-state index contributed by atoms with van der Waals surface area (Å²) in [5.74, 6) is -2.34. The highest BCUT2D eigenvalue weighted by molar-refractivity contribution is 5.84. The molecule has 1 amide bonds. The Morgan fingerprint density at radius 3 is 2.67 bits per heavy atom. The summed E-state index contributed by atoms with van der Waals surface area (Å²) < 4.78 is 18.1. The number of carboxylic acid groups (broad SMARTS) is 1. The predicted molar refractivity (Wildman–Crippen MR) is 61.8 cm³/mol. The van der Waals surface area contributed by atoms with Gasteiger partial charge in [-0.05, 0) is 18.6 Å². The summed E-state index contributed by atoms with van der Waals surface area (Å²) in [6.45, 7) is 1.21. The van der Waals surface area contributed by atoms with E-state index >= 15 is 0 Å². The number of carbonyl (C=O) groups is 2. The molecule has 1 aromatic rings. The average molecular weight is 255 g/mol. The first-order chi connectivity index (χ1) is 8.54. The molecule has 0 aliphatic heterocycles. The Morgan fingerprint density at radius 2 is 2.11 bits per heavy atom. The zero-order valence-electron chi connectivity index (χ0n) is 9.85. The molecular formula is C12H14FNO4. The molecule has 1 aromatic carbocycles. The van der Waals surface area contributed by atoms with Gasteiger partial charge in [0.2, 0.25) is 0 Å². The standard InChI is InChI=1S/C12H14FNO4/c1-2-9(12(16)17)14-11(15)7-18-10-6-4-3-5-8(10)13/h3-6,9H,2,7H2,1H3,(H,14,15)(H,16,17)/t9-/m1/s1. The van der Waals surface area contributed by atoms with Gasteiger partial charge in [-0.1, -0.05) is 19.1 Å². The van der Waals surface area contributed by atoms with Crippen molar-refractivity contribution in [2.75, 3.05) is 6.61 Å². The summed E-state index contributed by atoms with van der Waals surface area (Å²) in [4.78, 5) is 22.1. The number of halogens is 1. The normalized spacial score (nSPS) is 11.7. The number of benzene rings is 1. The third-order valence-electron chi connectivity index (χ3n) is 2.24. The second-order valence-corrected chi connectivity index (χ2v) is 3.59. The summed E-state index contributed by atoms with van der Waals surface area (Å²) in [6, 6.07) is 4.71. The van der Waals surface area contributed by atoms with Crippen molar-refractivity contribution < 1.29 is 23.8 Å². The molecule has 0 aromatic heterocycles. The molecule has 1 rings (SSSR count). The van der Waals surface area contributed by atoms with Gasteiger partial charge in [0, 0.05) is 0 Å². The number of nitrogens with one attached hydrogen (secondary N) is 1. The highest BCUT2D eigenvalue weighted by Crippen LogP contribution is 2.14. The molecule has 0 bridgehead atoms. The van der Waals surface area contributed by atoms with E-state index in [1.807, 2.05) is 0 Å². The maximum Gasteiger partial charge on any atom is 0.326 e. The molecule has 0 heterocycles. The molecule has 18 heavy (non-hydrogen) atoms. The van der Waals surface area contributed by atoms with E-state index in [1.165, 1.54) is 18.2 Å². The number of ether oxygens (including phenoxy) is 1. The molecular weight excluding hydrogens is 241 g/mol. The van der Waals surface area contributed by atoms with Crippen LogP contribution in [0.15, 0.2) is 24.3 Å². The number of amides is 1. The lowest BCUT2D eigenvalue weighted by Gasteiger charge is -2.12. The molecule has 5 nitrogen and oxygen atoms in total. The van der Waals surface area contributed by atoms with E-state index in [0.717, 1.165) is 0 Å². The summed E-state index contributed by atoms with van der Waals surface area (Å²) in [7, 11) is 0. The summed E-state index contributed by atoms with van der Waals surface area (Å²) in [5.41, 5.74) is 0. The van der Waals surface area contributed by atoms with Gasteiger partial charge in [0.15, 0.2) is 18.2 Å². The number of carboxylic acids is 1. The van der Waals surface area contributed by atoms with Crippen LogP contribution in [-0.4, -0.2) is 29.6 Å². The van der Waals surface area contributed by atoms with Crippen molar-refractivity contribution in [3.05, 3.63) is 30.1 Å². The Bertz CT molecular complexity index is 436. The monoisotopic (exact) mass is 255 g/mol. The highest BCUT2D eigenvalue weighted by atomic mass is 19.1. The minimum absolute atomic E-state index is 0.0453. The number of rotatable bonds is 6. The zero-order valence-corrected chi connectivity index (χ0v) is 9.85. The molecule has 0 saturated heterocycles.